The molecule has 6 heteroatoms. The summed E-state index contributed by atoms with van der Waals surface area (Å²) in [7, 11) is 0. The minimum atomic E-state index is -0.123. The molecule has 3 aliphatic rings. The van der Waals surface area contributed by atoms with E-state index < -0.39 is 0 Å². The van der Waals surface area contributed by atoms with Crippen molar-refractivity contribution in [3.05, 3.63) is 16.5 Å². The lowest BCUT2D eigenvalue weighted by Crippen LogP contribution is -2.44. The molecule has 4 heterocycles. The molecule has 2 bridgehead atoms. The van der Waals surface area contributed by atoms with Gasteiger partial charge in [0.1, 0.15) is 16.2 Å². The van der Waals surface area contributed by atoms with Crippen molar-refractivity contribution in [1.82, 2.24) is 19.9 Å². The topological polar surface area (TPSA) is 62.1 Å². The second-order valence-electron chi connectivity index (χ2n) is 10.0. The van der Waals surface area contributed by atoms with Gasteiger partial charge in [-0.1, -0.05) is 25.2 Å². The molecule has 2 saturated heterocycles. The van der Waals surface area contributed by atoms with Crippen LogP contribution in [-0.2, 0) is 6.54 Å². The zero-order valence-electron chi connectivity index (χ0n) is 17.3. The van der Waals surface area contributed by atoms with Gasteiger partial charge in [-0.2, -0.15) is 0 Å². The van der Waals surface area contributed by atoms with Crippen LogP contribution in [0, 0.1) is 12.3 Å². The third-order valence-electron chi connectivity index (χ3n) is 7.34. The van der Waals surface area contributed by atoms with Crippen LogP contribution in [0.1, 0.15) is 87.7 Å². The van der Waals surface area contributed by atoms with Crippen molar-refractivity contribution in [2.45, 2.75) is 103 Å². The van der Waals surface area contributed by atoms with Crippen LogP contribution in [-0.4, -0.2) is 43.1 Å². The number of piperidine rings is 1. The van der Waals surface area contributed by atoms with Crippen molar-refractivity contribution in [2.75, 3.05) is 0 Å². The van der Waals surface area contributed by atoms with Crippen LogP contribution >= 0.6 is 11.3 Å². The van der Waals surface area contributed by atoms with E-state index in [0.717, 1.165) is 41.3 Å². The SMILES string of the molecule is Cc1nc(CN2[C@@H]3CC[C@H]2CC(O)C3)c2nc(C3CCC(C)(C)CC3)sc2n1. The van der Waals surface area contributed by atoms with Gasteiger partial charge in [-0.3, -0.25) is 4.90 Å². The van der Waals surface area contributed by atoms with Crippen LogP contribution in [0.25, 0.3) is 10.3 Å². The van der Waals surface area contributed by atoms with E-state index in [1.165, 1.54) is 43.5 Å². The highest BCUT2D eigenvalue weighted by Crippen LogP contribution is 2.44. The van der Waals surface area contributed by atoms with Gasteiger partial charge in [-0.25, -0.2) is 15.0 Å². The number of aliphatic hydroxyl groups is 1. The second kappa shape index (κ2) is 6.99. The zero-order chi connectivity index (χ0) is 19.5. The molecule has 28 heavy (non-hydrogen) atoms. The lowest BCUT2D eigenvalue weighted by atomic mass is 9.73. The summed E-state index contributed by atoms with van der Waals surface area (Å²) >= 11 is 1.79. The van der Waals surface area contributed by atoms with Crippen molar-refractivity contribution in [3.8, 4) is 0 Å². The van der Waals surface area contributed by atoms with E-state index in [9.17, 15) is 5.11 Å². The van der Waals surface area contributed by atoms with E-state index >= 15 is 0 Å². The van der Waals surface area contributed by atoms with Crippen LogP contribution in [0.3, 0.4) is 0 Å². The lowest BCUT2D eigenvalue weighted by molar-refractivity contribution is 0.0305. The first kappa shape index (κ1) is 18.9. The average molecular weight is 401 g/mol. The van der Waals surface area contributed by atoms with Crippen LogP contribution in [0.4, 0.5) is 0 Å². The van der Waals surface area contributed by atoms with E-state index in [4.69, 9.17) is 15.0 Å². The van der Waals surface area contributed by atoms with Gasteiger partial charge in [-0.05, 0) is 63.7 Å². The van der Waals surface area contributed by atoms with Crippen LogP contribution in [0.2, 0.25) is 0 Å². The van der Waals surface area contributed by atoms with Gasteiger partial charge in [0.2, 0.25) is 0 Å². The predicted molar refractivity (Wildman–Crippen MR) is 113 cm³/mol. The Morgan fingerprint density at radius 2 is 1.71 bits per heavy atom. The summed E-state index contributed by atoms with van der Waals surface area (Å²) in [6.45, 7) is 7.62. The number of hydrogen-bond acceptors (Lipinski definition) is 6. The Kier molecular flexibility index (Phi) is 4.72. The fraction of sp³-hybridized carbons (Fsp3) is 0.773. The van der Waals surface area contributed by atoms with E-state index in [1.54, 1.807) is 11.3 Å². The molecule has 0 aromatic carbocycles. The number of aromatic nitrogens is 3. The molecule has 3 atom stereocenters. The average Bonchev–Trinajstić information content (AvgIpc) is 3.14. The maximum Gasteiger partial charge on any atom is 0.147 e. The van der Waals surface area contributed by atoms with Gasteiger partial charge < -0.3 is 5.11 Å². The Morgan fingerprint density at radius 1 is 1.04 bits per heavy atom. The molecule has 2 aromatic rings. The third-order valence-corrected chi connectivity index (χ3v) is 8.45. The lowest BCUT2D eigenvalue weighted by Gasteiger charge is -2.36. The summed E-state index contributed by atoms with van der Waals surface area (Å²) in [5.41, 5.74) is 2.60. The summed E-state index contributed by atoms with van der Waals surface area (Å²) in [5, 5.41) is 11.4. The highest BCUT2D eigenvalue weighted by atomic mass is 32.1. The molecule has 2 aliphatic heterocycles. The Balaban J connectivity index is 1.42. The molecule has 152 valence electrons. The standard InChI is InChI=1S/C22H32N4OS/c1-13-23-18(12-26-15-4-5-16(26)11-17(27)10-15)19-21(24-13)28-20(25-19)14-6-8-22(2,3)9-7-14/h14-17,27H,4-12H2,1-3H3/t15-,16+,17?. The molecule has 3 fully saturated rings. The van der Waals surface area contributed by atoms with Gasteiger partial charge in [0.15, 0.2) is 0 Å². The molecule has 5 nitrogen and oxygen atoms in total. The van der Waals surface area contributed by atoms with Gasteiger partial charge in [0.05, 0.1) is 16.8 Å². The molecular weight excluding hydrogens is 368 g/mol. The van der Waals surface area contributed by atoms with Crippen LogP contribution in [0.5, 0.6) is 0 Å². The fourth-order valence-electron chi connectivity index (χ4n) is 5.62. The number of hydrogen-bond donors (Lipinski definition) is 1. The molecule has 2 aromatic heterocycles. The Hall–Kier alpha value is -1.11. The Labute approximate surface area is 171 Å². The number of thiazole rings is 1. The summed E-state index contributed by atoms with van der Waals surface area (Å²) in [4.78, 5) is 18.3. The zero-order valence-corrected chi connectivity index (χ0v) is 18.1. The molecule has 1 N–H and O–H groups in total. The number of rotatable bonds is 3. The number of fused-ring (bicyclic) bond motifs is 3. The highest BCUT2D eigenvalue weighted by Gasteiger charge is 2.40. The molecular formula is C22H32N4OS. The Bertz CT molecular complexity index is 855. The minimum absolute atomic E-state index is 0.123. The van der Waals surface area contributed by atoms with Crippen molar-refractivity contribution in [1.29, 1.82) is 0 Å². The monoisotopic (exact) mass is 400 g/mol. The van der Waals surface area contributed by atoms with E-state index in [1.807, 2.05) is 6.92 Å². The van der Waals surface area contributed by atoms with E-state index in [0.29, 0.717) is 23.4 Å². The number of nitrogens with zero attached hydrogens (tertiary/aromatic N) is 4. The highest BCUT2D eigenvalue weighted by molar-refractivity contribution is 7.18. The molecule has 0 spiro atoms. The van der Waals surface area contributed by atoms with Crippen molar-refractivity contribution in [3.63, 3.8) is 0 Å². The summed E-state index contributed by atoms with van der Waals surface area (Å²) in [5.74, 6) is 1.44. The largest absolute Gasteiger partial charge is 0.393 e. The van der Waals surface area contributed by atoms with Crippen molar-refractivity contribution < 1.29 is 5.11 Å². The number of aryl methyl sites for hydroxylation is 1. The molecule has 1 saturated carbocycles. The second-order valence-corrected chi connectivity index (χ2v) is 11.1. The van der Waals surface area contributed by atoms with Gasteiger partial charge >= 0.3 is 0 Å². The van der Waals surface area contributed by atoms with Crippen LogP contribution < -0.4 is 0 Å². The Morgan fingerprint density at radius 3 is 2.39 bits per heavy atom. The van der Waals surface area contributed by atoms with E-state index in [2.05, 4.69) is 18.7 Å². The number of aliphatic hydroxyl groups excluding tert-OH is 1. The summed E-state index contributed by atoms with van der Waals surface area (Å²) < 4.78 is 0. The van der Waals surface area contributed by atoms with Gasteiger partial charge in [0.25, 0.3) is 0 Å². The first-order valence-electron chi connectivity index (χ1n) is 11.0. The normalized spacial score (nSPS) is 30.9. The molecule has 0 amide bonds. The van der Waals surface area contributed by atoms with Crippen molar-refractivity contribution in [2.24, 2.45) is 5.41 Å². The molecule has 5 rings (SSSR count). The van der Waals surface area contributed by atoms with Crippen molar-refractivity contribution >= 4 is 21.7 Å². The molecule has 1 aliphatic carbocycles. The quantitative estimate of drug-likeness (QED) is 0.818. The first-order chi connectivity index (χ1) is 13.4. The van der Waals surface area contributed by atoms with E-state index in [-0.39, 0.29) is 6.10 Å². The van der Waals surface area contributed by atoms with Gasteiger partial charge in [-0.15, -0.1) is 0 Å². The third kappa shape index (κ3) is 3.48. The smallest absolute Gasteiger partial charge is 0.147 e. The maximum atomic E-state index is 10.1. The molecule has 0 radical (unpaired) electrons. The van der Waals surface area contributed by atoms with Crippen LogP contribution in [0.15, 0.2) is 0 Å². The summed E-state index contributed by atoms with van der Waals surface area (Å²) in [6, 6.07) is 0.996. The first-order valence-corrected chi connectivity index (χ1v) is 11.8. The minimum Gasteiger partial charge on any atom is -0.393 e. The molecule has 1 unspecified atom stereocenters. The predicted octanol–water partition coefficient (Wildman–Crippen LogP) is 4.57. The summed E-state index contributed by atoms with van der Waals surface area (Å²) in [6.07, 6.45) is 9.14. The maximum absolute atomic E-state index is 10.1. The fourth-order valence-corrected chi connectivity index (χ4v) is 6.80. The van der Waals surface area contributed by atoms with Gasteiger partial charge in [0, 0.05) is 24.5 Å².